The lowest BCUT2D eigenvalue weighted by Crippen LogP contribution is -2.12. The van der Waals surface area contributed by atoms with Gasteiger partial charge in [0.1, 0.15) is 6.07 Å². The van der Waals surface area contributed by atoms with Gasteiger partial charge in [0.25, 0.3) is 0 Å². The fraction of sp³-hybridized carbons (Fsp3) is 0.200. The molecular weight excluding hydrogens is 304 g/mol. The van der Waals surface area contributed by atoms with Crippen molar-refractivity contribution in [2.75, 3.05) is 0 Å². The van der Waals surface area contributed by atoms with Gasteiger partial charge in [-0.2, -0.15) is 5.26 Å². The maximum absolute atomic E-state index is 9.00. The van der Waals surface area contributed by atoms with Crippen LogP contribution >= 0.6 is 11.6 Å². The first-order chi connectivity index (χ1) is 10.9. The van der Waals surface area contributed by atoms with Gasteiger partial charge in [0.15, 0.2) is 0 Å². The second-order valence-corrected chi connectivity index (χ2v) is 7.06. The van der Waals surface area contributed by atoms with Crippen molar-refractivity contribution >= 4 is 22.4 Å². The van der Waals surface area contributed by atoms with Gasteiger partial charge in [-0.15, -0.1) is 0 Å². The molecule has 0 aliphatic carbocycles. The number of benzene rings is 2. The van der Waals surface area contributed by atoms with E-state index < -0.39 is 0 Å². The largest absolute Gasteiger partial charge is 0.255 e. The van der Waals surface area contributed by atoms with Crippen molar-refractivity contribution in [2.24, 2.45) is 0 Å². The van der Waals surface area contributed by atoms with Crippen LogP contribution in [0.3, 0.4) is 0 Å². The van der Waals surface area contributed by atoms with Gasteiger partial charge in [-0.05, 0) is 39.9 Å². The van der Waals surface area contributed by atoms with E-state index in [1.165, 1.54) is 22.5 Å². The molecular formula is C20H17ClN2. The van der Waals surface area contributed by atoms with E-state index in [1.54, 1.807) is 6.07 Å². The minimum atomic E-state index is 0.0198. The molecule has 3 aromatic rings. The summed E-state index contributed by atoms with van der Waals surface area (Å²) < 4.78 is 0. The third-order valence-electron chi connectivity index (χ3n) is 3.94. The molecule has 2 nitrogen and oxygen atoms in total. The Bertz CT molecular complexity index is 931. The number of aromatic nitrogens is 1. The van der Waals surface area contributed by atoms with Gasteiger partial charge >= 0.3 is 0 Å². The first-order valence-electron chi connectivity index (χ1n) is 7.49. The van der Waals surface area contributed by atoms with Crippen molar-refractivity contribution in [1.29, 1.82) is 5.26 Å². The molecule has 114 valence electrons. The van der Waals surface area contributed by atoms with Gasteiger partial charge in [-0.1, -0.05) is 56.6 Å². The molecule has 3 rings (SSSR count). The Balaban J connectivity index is 2.27. The fourth-order valence-electron chi connectivity index (χ4n) is 2.75. The van der Waals surface area contributed by atoms with Crippen LogP contribution in [0, 0.1) is 11.3 Å². The molecule has 23 heavy (non-hydrogen) atoms. The Kier molecular flexibility index (Phi) is 3.83. The Morgan fingerprint density at radius 2 is 1.83 bits per heavy atom. The number of pyridine rings is 1. The van der Waals surface area contributed by atoms with Crippen LogP contribution in [-0.2, 0) is 5.41 Å². The lowest BCUT2D eigenvalue weighted by molar-refractivity contribution is 0.596. The van der Waals surface area contributed by atoms with Gasteiger partial charge in [0.2, 0.25) is 0 Å². The SMILES string of the molecule is CC(C)(C)c1cc(-c2cc(Cl)c(C#N)cn2)cc2ccccc12. The topological polar surface area (TPSA) is 36.7 Å². The van der Waals surface area contributed by atoms with E-state index in [9.17, 15) is 0 Å². The zero-order chi connectivity index (χ0) is 16.6. The second kappa shape index (κ2) is 5.68. The van der Waals surface area contributed by atoms with Gasteiger partial charge in [0.05, 0.1) is 16.3 Å². The zero-order valence-electron chi connectivity index (χ0n) is 13.4. The molecule has 3 heteroatoms. The highest BCUT2D eigenvalue weighted by Gasteiger charge is 2.18. The molecule has 0 bridgehead atoms. The normalized spacial score (nSPS) is 11.4. The minimum absolute atomic E-state index is 0.0198. The van der Waals surface area contributed by atoms with Crippen LogP contribution in [0.1, 0.15) is 31.9 Å². The first kappa shape index (κ1) is 15.5. The van der Waals surface area contributed by atoms with Crippen molar-refractivity contribution in [3.8, 4) is 17.3 Å². The zero-order valence-corrected chi connectivity index (χ0v) is 14.1. The highest BCUT2D eigenvalue weighted by molar-refractivity contribution is 6.31. The molecule has 0 atom stereocenters. The van der Waals surface area contributed by atoms with E-state index in [4.69, 9.17) is 16.9 Å². The second-order valence-electron chi connectivity index (χ2n) is 6.66. The average molecular weight is 321 g/mol. The van der Waals surface area contributed by atoms with E-state index in [2.05, 4.69) is 56.1 Å². The van der Waals surface area contributed by atoms with Crippen molar-refractivity contribution in [2.45, 2.75) is 26.2 Å². The highest BCUT2D eigenvalue weighted by Crippen LogP contribution is 2.34. The van der Waals surface area contributed by atoms with E-state index in [0.29, 0.717) is 10.6 Å². The first-order valence-corrected chi connectivity index (χ1v) is 7.87. The summed E-state index contributed by atoms with van der Waals surface area (Å²) in [6.07, 6.45) is 1.53. The molecule has 0 amide bonds. The standard InChI is InChI=1S/C20H17ClN2/c1-20(2,3)17-9-14(8-13-6-4-5-7-16(13)17)19-10-18(21)15(11-22)12-23-19/h4-10,12H,1-3H3. The summed E-state index contributed by atoms with van der Waals surface area (Å²) in [7, 11) is 0. The summed E-state index contributed by atoms with van der Waals surface area (Å²) in [5.41, 5.74) is 3.48. The number of rotatable bonds is 1. The van der Waals surface area contributed by atoms with E-state index >= 15 is 0 Å². The summed E-state index contributed by atoms with van der Waals surface area (Å²) in [5, 5.41) is 11.9. The summed E-state index contributed by atoms with van der Waals surface area (Å²) in [6, 6.07) is 16.5. The highest BCUT2D eigenvalue weighted by atomic mass is 35.5. The monoisotopic (exact) mass is 320 g/mol. The molecule has 0 saturated heterocycles. The summed E-state index contributed by atoms with van der Waals surface area (Å²) in [6.45, 7) is 6.62. The molecule has 0 aliphatic heterocycles. The van der Waals surface area contributed by atoms with Gasteiger partial charge < -0.3 is 0 Å². The number of halogens is 1. The van der Waals surface area contributed by atoms with Crippen molar-refractivity contribution in [1.82, 2.24) is 4.98 Å². The van der Waals surface area contributed by atoms with Gasteiger partial charge in [0, 0.05) is 11.8 Å². The molecule has 2 aromatic carbocycles. The molecule has 0 unspecified atom stereocenters. The maximum atomic E-state index is 9.00. The van der Waals surface area contributed by atoms with Crippen LogP contribution in [0.15, 0.2) is 48.7 Å². The van der Waals surface area contributed by atoms with Crippen LogP contribution < -0.4 is 0 Å². The van der Waals surface area contributed by atoms with E-state index in [-0.39, 0.29) is 5.41 Å². The average Bonchev–Trinajstić information content (AvgIpc) is 2.52. The smallest absolute Gasteiger partial charge is 0.102 e. The maximum Gasteiger partial charge on any atom is 0.102 e. The number of hydrogen-bond donors (Lipinski definition) is 0. The van der Waals surface area contributed by atoms with Gasteiger partial charge in [-0.25, -0.2) is 0 Å². The molecule has 0 spiro atoms. The molecule has 0 fully saturated rings. The quantitative estimate of drug-likeness (QED) is 0.574. The number of fused-ring (bicyclic) bond motifs is 1. The van der Waals surface area contributed by atoms with Crippen molar-refractivity contribution < 1.29 is 0 Å². The van der Waals surface area contributed by atoms with Gasteiger partial charge in [-0.3, -0.25) is 4.98 Å². The summed E-state index contributed by atoms with van der Waals surface area (Å²) in [5.74, 6) is 0. The molecule has 0 aliphatic rings. The molecule has 0 radical (unpaired) electrons. The Hall–Kier alpha value is -2.37. The van der Waals surface area contributed by atoms with E-state index in [1.807, 2.05) is 12.1 Å². The van der Waals surface area contributed by atoms with Crippen molar-refractivity contribution in [3.05, 3.63) is 64.8 Å². The fourth-order valence-corrected chi connectivity index (χ4v) is 2.94. The third-order valence-corrected chi connectivity index (χ3v) is 4.25. The van der Waals surface area contributed by atoms with Crippen LogP contribution in [-0.4, -0.2) is 4.98 Å². The lowest BCUT2D eigenvalue weighted by atomic mass is 9.82. The van der Waals surface area contributed by atoms with Crippen molar-refractivity contribution in [3.63, 3.8) is 0 Å². The third kappa shape index (κ3) is 2.93. The Morgan fingerprint density at radius 1 is 1.09 bits per heavy atom. The number of nitrogens with zero attached hydrogens (tertiary/aromatic N) is 2. The van der Waals surface area contributed by atoms with Crippen LogP contribution in [0.5, 0.6) is 0 Å². The molecule has 0 saturated carbocycles. The Morgan fingerprint density at radius 3 is 2.48 bits per heavy atom. The van der Waals surface area contributed by atoms with Crippen LogP contribution in [0.4, 0.5) is 0 Å². The molecule has 1 heterocycles. The van der Waals surface area contributed by atoms with Crippen LogP contribution in [0.25, 0.3) is 22.0 Å². The molecule has 0 N–H and O–H groups in total. The number of hydrogen-bond acceptors (Lipinski definition) is 2. The Labute approximate surface area is 141 Å². The predicted octanol–water partition coefficient (Wildman–Crippen LogP) is 5.72. The van der Waals surface area contributed by atoms with Crippen LogP contribution in [0.2, 0.25) is 5.02 Å². The summed E-state index contributed by atoms with van der Waals surface area (Å²) >= 11 is 6.16. The summed E-state index contributed by atoms with van der Waals surface area (Å²) in [4.78, 5) is 4.40. The number of nitriles is 1. The lowest BCUT2D eigenvalue weighted by Gasteiger charge is -2.22. The molecule has 1 aromatic heterocycles. The van der Waals surface area contributed by atoms with E-state index in [0.717, 1.165) is 11.3 Å². The minimum Gasteiger partial charge on any atom is -0.255 e. The predicted molar refractivity (Wildman–Crippen MR) is 95.6 cm³/mol.